The Morgan fingerprint density at radius 1 is 1.11 bits per heavy atom. The van der Waals surface area contributed by atoms with Gasteiger partial charge in [-0.3, -0.25) is 9.36 Å². The molecule has 0 aromatic carbocycles. The Morgan fingerprint density at radius 3 is 2.39 bits per heavy atom. The third-order valence-electron chi connectivity index (χ3n) is 3.02. The zero-order valence-corrected chi connectivity index (χ0v) is 13.3. The lowest BCUT2D eigenvalue weighted by atomic mass is 10.1. The summed E-state index contributed by atoms with van der Waals surface area (Å²) in [6, 6.07) is 0. The van der Waals surface area contributed by atoms with Crippen LogP contribution in [-0.2, 0) is 13.6 Å². The van der Waals surface area contributed by atoms with E-state index in [0.29, 0.717) is 10.1 Å². The molecule has 0 saturated carbocycles. The highest BCUT2D eigenvalue weighted by molar-refractivity contribution is 14.1. The zero-order valence-electron chi connectivity index (χ0n) is 11.1. The molecular formula is C13H21IN2O2. The molecule has 0 unspecified atom stereocenters. The number of hydrogen-bond acceptors (Lipinski definition) is 2. The molecule has 0 spiro atoms. The van der Waals surface area contributed by atoms with Crippen LogP contribution in [-0.4, -0.2) is 9.13 Å². The van der Waals surface area contributed by atoms with Crippen LogP contribution in [0.1, 0.15) is 45.4 Å². The predicted molar refractivity (Wildman–Crippen MR) is 82.0 cm³/mol. The summed E-state index contributed by atoms with van der Waals surface area (Å²) in [5, 5.41) is 0. The van der Waals surface area contributed by atoms with Gasteiger partial charge in [-0.15, -0.1) is 0 Å². The van der Waals surface area contributed by atoms with Gasteiger partial charge < -0.3 is 4.57 Å². The lowest BCUT2D eigenvalue weighted by molar-refractivity contribution is 0.519. The molecule has 1 rings (SSSR count). The van der Waals surface area contributed by atoms with Gasteiger partial charge in [0.05, 0.1) is 3.57 Å². The Kier molecular flexibility index (Phi) is 6.67. The SMILES string of the molecule is CCCCCCCCn1c(=O)c(I)cn(C)c1=O. The van der Waals surface area contributed by atoms with E-state index in [0.717, 1.165) is 12.8 Å². The molecule has 1 aromatic heterocycles. The van der Waals surface area contributed by atoms with Crippen LogP contribution in [0.15, 0.2) is 15.8 Å². The van der Waals surface area contributed by atoms with E-state index in [9.17, 15) is 9.59 Å². The molecule has 0 aliphatic rings. The van der Waals surface area contributed by atoms with Gasteiger partial charge in [0.25, 0.3) is 5.56 Å². The van der Waals surface area contributed by atoms with E-state index in [1.807, 2.05) is 22.6 Å². The molecule has 0 fully saturated rings. The summed E-state index contributed by atoms with van der Waals surface area (Å²) in [5.74, 6) is 0. The van der Waals surface area contributed by atoms with Crippen LogP contribution >= 0.6 is 22.6 Å². The Bertz CT molecular complexity index is 456. The average molecular weight is 364 g/mol. The zero-order chi connectivity index (χ0) is 13.5. The van der Waals surface area contributed by atoms with E-state index >= 15 is 0 Å². The van der Waals surface area contributed by atoms with Gasteiger partial charge in [0.15, 0.2) is 0 Å². The van der Waals surface area contributed by atoms with Crippen LogP contribution < -0.4 is 11.2 Å². The molecule has 5 heteroatoms. The molecule has 0 aliphatic heterocycles. The summed E-state index contributed by atoms with van der Waals surface area (Å²) < 4.78 is 3.42. The van der Waals surface area contributed by atoms with E-state index in [2.05, 4.69) is 6.92 Å². The van der Waals surface area contributed by atoms with E-state index < -0.39 is 0 Å². The van der Waals surface area contributed by atoms with Gasteiger partial charge in [0, 0.05) is 19.8 Å². The van der Waals surface area contributed by atoms with Crippen molar-refractivity contribution in [1.29, 1.82) is 0 Å². The number of unbranched alkanes of at least 4 members (excludes halogenated alkanes) is 5. The molecule has 0 aliphatic carbocycles. The first-order chi connectivity index (χ1) is 8.57. The second-order valence-electron chi connectivity index (χ2n) is 4.60. The van der Waals surface area contributed by atoms with Crippen molar-refractivity contribution < 1.29 is 0 Å². The smallest absolute Gasteiger partial charge is 0.302 e. The Balaban J connectivity index is 2.58. The van der Waals surface area contributed by atoms with Crippen molar-refractivity contribution in [3.05, 3.63) is 30.6 Å². The van der Waals surface area contributed by atoms with Crippen molar-refractivity contribution in [3.8, 4) is 0 Å². The van der Waals surface area contributed by atoms with Crippen LogP contribution in [0.2, 0.25) is 0 Å². The van der Waals surface area contributed by atoms with Crippen LogP contribution in [0, 0.1) is 3.57 Å². The Morgan fingerprint density at radius 2 is 1.72 bits per heavy atom. The van der Waals surface area contributed by atoms with Crippen molar-refractivity contribution in [2.45, 2.75) is 52.0 Å². The number of aryl methyl sites for hydroxylation is 1. The highest BCUT2D eigenvalue weighted by Gasteiger charge is 2.06. The number of nitrogens with zero attached hydrogens (tertiary/aromatic N) is 2. The summed E-state index contributed by atoms with van der Waals surface area (Å²) in [6.07, 6.45) is 8.51. The number of halogens is 1. The predicted octanol–water partition coefficient (Wildman–Crippen LogP) is 2.51. The lowest BCUT2D eigenvalue weighted by Crippen LogP contribution is -2.39. The van der Waals surface area contributed by atoms with Gasteiger partial charge in [0.1, 0.15) is 0 Å². The minimum absolute atomic E-state index is 0.160. The van der Waals surface area contributed by atoms with Gasteiger partial charge >= 0.3 is 5.69 Å². The molecule has 0 radical (unpaired) electrons. The van der Waals surface area contributed by atoms with Gasteiger partial charge in [-0.05, 0) is 29.0 Å². The van der Waals surface area contributed by atoms with Gasteiger partial charge in [-0.25, -0.2) is 4.79 Å². The maximum Gasteiger partial charge on any atom is 0.330 e. The quantitative estimate of drug-likeness (QED) is 0.551. The van der Waals surface area contributed by atoms with E-state index in [1.165, 1.54) is 34.8 Å². The molecular weight excluding hydrogens is 343 g/mol. The van der Waals surface area contributed by atoms with Crippen molar-refractivity contribution in [1.82, 2.24) is 9.13 Å². The van der Waals surface area contributed by atoms with Crippen LogP contribution in [0.3, 0.4) is 0 Å². The molecule has 102 valence electrons. The number of rotatable bonds is 7. The van der Waals surface area contributed by atoms with Crippen molar-refractivity contribution >= 4 is 22.6 Å². The van der Waals surface area contributed by atoms with E-state index in [-0.39, 0.29) is 11.2 Å². The number of aromatic nitrogens is 2. The van der Waals surface area contributed by atoms with Gasteiger partial charge in [-0.2, -0.15) is 0 Å². The van der Waals surface area contributed by atoms with Crippen molar-refractivity contribution in [3.63, 3.8) is 0 Å². The Labute approximate surface area is 121 Å². The third-order valence-corrected chi connectivity index (χ3v) is 3.76. The lowest BCUT2D eigenvalue weighted by Gasteiger charge is -2.07. The minimum atomic E-state index is -0.214. The van der Waals surface area contributed by atoms with Crippen LogP contribution in [0.5, 0.6) is 0 Å². The minimum Gasteiger partial charge on any atom is -0.302 e. The van der Waals surface area contributed by atoms with Crippen molar-refractivity contribution in [2.24, 2.45) is 7.05 Å². The molecule has 0 N–H and O–H groups in total. The Hall–Kier alpha value is -0.590. The standard InChI is InChI=1S/C13H21IN2O2/c1-3-4-5-6-7-8-9-16-12(17)11(14)10-15(2)13(16)18/h10H,3-9H2,1-2H3. The number of hydrogen-bond donors (Lipinski definition) is 0. The molecule has 4 nitrogen and oxygen atoms in total. The van der Waals surface area contributed by atoms with Crippen molar-refractivity contribution in [2.75, 3.05) is 0 Å². The molecule has 1 aromatic rings. The molecule has 1 heterocycles. The fourth-order valence-electron chi connectivity index (χ4n) is 1.93. The van der Waals surface area contributed by atoms with Crippen LogP contribution in [0.25, 0.3) is 0 Å². The maximum absolute atomic E-state index is 11.9. The second kappa shape index (κ2) is 7.76. The summed E-state index contributed by atoms with van der Waals surface area (Å²) in [4.78, 5) is 23.7. The topological polar surface area (TPSA) is 44.0 Å². The molecule has 18 heavy (non-hydrogen) atoms. The highest BCUT2D eigenvalue weighted by atomic mass is 127. The first-order valence-electron chi connectivity index (χ1n) is 6.54. The fraction of sp³-hybridized carbons (Fsp3) is 0.692. The molecule has 0 amide bonds. The summed E-state index contributed by atoms with van der Waals surface area (Å²) in [7, 11) is 1.68. The summed E-state index contributed by atoms with van der Waals surface area (Å²) in [5.41, 5.74) is -0.374. The van der Waals surface area contributed by atoms with Gasteiger partial charge in [-0.1, -0.05) is 39.0 Å². The average Bonchev–Trinajstić information content (AvgIpc) is 2.35. The maximum atomic E-state index is 11.9. The molecule has 0 atom stereocenters. The monoisotopic (exact) mass is 364 g/mol. The first kappa shape index (κ1) is 15.5. The normalized spacial score (nSPS) is 10.8. The highest BCUT2D eigenvalue weighted by Crippen LogP contribution is 2.05. The van der Waals surface area contributed by atoms with E-state index in [4.69, 9.17) is 0 Å². The van der Waals surface area contributed by atoms with Crippen LogP contribution in [0.4, 0.5) is 0 Å². The van der Waals surface area contributed by atoms with E-state index in [1.54, 1.807) is 13.2 Å². The summed E-state index contributed by atoms with van der Waals surface area (Å²) >= 11 is 1.98. The van der Waals surface area contributed by atoms with Gasteiger partial charge in [0.2, 0.25) is 0 Å². The second-order valence-corrected chi connectivity index (χ2v) is 5.76. The first-order valence-corrected chi connectivity index (χ1v) is 7.61. The summed E-state index contributed by atoms with van der Waals surface area (Å²) in [6.45, 7) is 2.73. The molecule has 0 saturated heterocycles. The molecule has 0 bridgehead atoms. The fourth-order valence-corrected chi connectivity index (χ4v) is 2.64. The third kappa shape index (κ3) is 4.26. The largest absolute Gasteiger partial charge is 0.330 e.